The maximum absolute atomic E-state index is 10.0. The van der Waals surface area contributed by atoms with Gasteiger partial charge >= 0.3 is 0 Å². The molecule has 1 aromatic carbocycles. The van der Waals surface area contributed by atoms with E-state index in [1.165, 1.54) is 0 Å². The van der Waals surface area contributed by atoms with Crippen molar-refractivity contribution in [1.82, 2.24) is 9.97 Å². The van der Waals surface area contributed by atoms with Crippen LogP contribution >= 0.6 is 0 Å². The number of aromatic nitrogens is 2. The summed E-state index contributed by atoms with van der Waals surface area (Å²) < 4.78 is 5.16. The Morgan fingerprint density at radius 3 is 2.87 bits per heavy atom. The van der Waals surface area contributed by atoms with Crippen LogP contribution in [0.15, 0.2) is 36.7 Å². The van der Waals surface area contributed by atoms with E-state index < -0.39 is 6.10 Å². The number of aromatic amines is 1. The quantitative estimate of drug-likeness (QED) is 0.796. The average molecular weight is 204 g/mol. The van der Waals surface area contributed by atoms with Crippen molar-refractivity contribution >= 4 is 0 Å². The summed E-state index contributed by atoms with van der Waals surface area (Å²) in [5.74, 6) is 1.17. The van der Waals surface area contributed by atoms with E-state index in [1.54, 1.807) is 19.5 Å². The van der Waals surface area contributed by atoms with Crippen LogP contribution in [0, 0.1) is 0 Å². The predicted octanol–water partition coefficient (Wildman–Crippen LogP) is 1.50. The van der Waals surface area contributed by atoms with Crippen LogP contribution in [0.4, 0.5) is 0 Å². The van der Waals surface area contributed by atoms with Gasteiger partial charge in [-0.3, -0.25) is 0 Å². The number of hydrogen-bond donors (Lipinski definition) is 2. The number of aliphatic hydroxyl groups is 1. The molecule has 0 aliphatic carbocycles. The summed E-state index contributed by atoms with van der Waals surface area (Å²) in [6.07, 6.45) is 2.50. The summed E-state index contributed by atoms with van der Waals surface area (Å²) in [4.78, 5) is 6.88. The van der Waals surface area contributed by atoms with Gasteiger partial charge in [0.2, 0.25) is 0 Å². The molecule has 1 atom stereocenters. The van der Waals surface area contributed by atoms with Crippen molar-refractivity contribution in [2.45, 2.75) is 6.10 Å². The molecule has 0 bridgehead atoms. The number of rotatable bonds is 3. The van der Waals surface area contributed by atoms with Gasteiger partial charge in [-0.25, -0.2) is 4.98 Å². The molecular weight excluding hydrogens is 192 g/mol. The van der Waals surface area contributed by atoms with Crippen molar-refractivity contribution in [3.8, 4) is 5.75 Å². The first-order valence-electron chi connectivity index (χ1n) is 4.63. The van der Waals surface area contributed by atoms with Gasteiger partial charge < -0.3 is 14.8 Å². The third-order valence-corrected chi connectivity index (χ3v) is 2.21. The highest BCUT2D eigenvalue weighted by molar-refractivity contribution is 5.37. The standard InChI is InChI=1S/C11H12N2O2/c1-15-9-5-3-2-4-8(9)10(14)11-12-6-7-13-11/h2-7,10,14H,1H3,(H,12,13). The molecule has 2 rings (SSSR count). The lowest BCUT2D eigenvalue weighted by Crippen LogP contribution is -2.03. The van der Waals surface area contributed by atoms with Gasteiger partial charge in [0.15, 0.2) is 0 Å². The summed E-state index contributed by atoms with van der Waals surface area (Å²) >= 11 is 0. The van der Waals surface area contributed by atoms with Gasteiger partial charge in [-0.05, 0) is 6.07 Å². The molecule has 1 aromatic heterocycles. The zero-order valence-electron chi connectivity index (χ0n) is 8.34. The second-order valence-electron chi connectivity index (χ2n) is 3.12. The SMILES string of the molecule is COc1ccccc1C(O)c1ncc[nH]1. The smallest absolute Gasteiger partial charge is 0.140 e. The Morgan fingerprint density at radius 2 is 2.20 bits per heavy atom. The van der Waals surface area contributed by atoms with Crippen LogP contribution in [0.25, 0.3) is 0 Å². The zero-order valence-corrected chi connectivity index (χ0v) is 8.34. The fraction of sp³-hybridized carbons (Fsp3) is 0.182. The van der Waals surface area contributed by atoms with Crippen molar-refractivity contribution < 1.29 is 9.84 Å². The molecule has 0 amide bonds. The molecule has 0 radical (unpaired) electrons. The average Bonchev–Trinajstić information content (AvgIpc) is 2.81. The number of methoxy groups -OCH3 is 1. The van der Waals surface area contributed by atoms with Crippen LogP contribution in [0.1, 0.15) is 17.5 Å². The van der Waals surface area contributed by atoms with E-state index in [9.17, 15) is 5.11 Å². The molecule has 0 aliphatic rings. The molecule has 4 nitrogen and oxygen atoms in total. The van der Waals surface area contributed by atoms with Gasteiger partial charge in [-0.15, -0.1) is 0 Å². The van der Waals surface area contributed by atoms with Crippen LogP contribution < -0.4 is 4.74 Å². The van der Waals surface area contributed by atoms with Crippen LogP contribution in [0.5, 0.6) is 5.75 Å². The summed E-state index contributed by atoms with van der Waals surface area (Å²) in [7, 11) is 1.58. The van der Waals surface area contributed by atoms with Gasteiger partial charge in [0.25, 0.3) is 0 Å². The number of nitrogens with one attached hydrogen (secondary N) is 1. The lowest BCUT2D eigenvalue weighted by atomic mass is 10.1. The van der Waals surface area contributed by atoms with Gasteiger partial charge in [0.1, 0.15) is 17.7 Å². The number of ether oxygens (including phenoxy) is 1. The molecule has 78 valence electrons. The molecule has 2 aromatic rings. The molecule has 0 saturated carbocycles. The van der Waals surface area contributed by atoms with Crippen molar-refractivity contribution in [3.05, 3.63) is 48.0 Å². The monoisotopic (exact) mass is 204 g/mol. The summed E-state index contributed by atoms with van der Waals surface area (Å²) in [6.45, 7) is 0. The number of nitrogens with zero attached hydrogens (tertiary/aromatic N) is 1. The lowest BCUT2D eigenvalue weighted by molar-refractivity contribution is 0.206. The zero-order chi connectivity index (χ0) is 10.7. The molecular formula is C11H12N2O2. The molecule has 1 heterocycles. The molecule has 0 fully saturated rings. The van der Waals surface area contributed by atoms with Gasteiger partial charge in [0.05, 0.1) is 7.11 Å². The molecule has 0 spiro atoms. The minimum absolute atomic E-state index is 0.513. The number of hydrogen-bond acceptors (Lipinski definition) is 3. The number of para-hydroxylation sites is 1. The number of H-pyrrole nitrogens is 1. The Bertz CT molecular complexity index is 426. The first-order chi connectivity index (χ1) is 7.33. The van der Waals surface area contributed by atoms with E-state index in [2.05, 4.69) is 9.97 Å². The molecule has 2 N–H and O–H groups in total. The first kappa shape index (κ1) is 9.73. The highest BCUT2D eigenvalue weighted by Crippen LogP contribution is 2.27. The predicted molar refractivity (Wildman–Crippen MR) is 55.6 cm³/mol. The third kappa shape index (κ3) is 1.85. The Balaban J connectivity index is 2.37. The van der Waals surface area contributed by atoms with Crippen LogP contribution in [-0.2, 0) is 0 Å². The molecule has 0 saturated heterocycles. The largest absolute Gasteiger partial charge is 0.496 e. The Hall–Kier alpha value is -1.81. The topological polar surface area (TPSA) is 58.1 Å². The molecule has 1 unspecified atom stereocenters. The second kappa shape index (κ2) is 4.14. The summed E-state index contributed by atoms with van der Waals surface area (Å²) in [5.41, 5.74) is 0.704. The fourth-order valence-corrected chi connectivity index (χ4v) is 1.47. The fourth-order valence-electron chi connectivity index (χ4n) is 1.47. The Kier molecular flexibility index (Phi) is 2.69. The summed E-state index contributed by atoms with van der Waals surface area (Å²) in [5, 5.41) is 10.0. The minimum atomic E-state index is -0.781. The normalized spacial score (nSPS) is 12.4. The van der Waals surface area contributed by atoms with Gasteiger partial charge in [-0.1, -0.05) is 18.2 Å². The minimum Gasteiger partial charge on any atom is -0.496 e. The third-order valence-electron chi connectivity index (χ3n) is 2.21. The van der Waals surface area contributed by atoms with E-state index in [0.29, 0.717) is 17.1 Å². The van der Waals surface area contributed by atoms with Crippen LogP contribution in [0.2, 0.25) is 0 Å². The van der Waals surface area contributed by atoms with Gasteiger partial charge in [0, 0.05) is 18.0 Å². The first-order valence-corrected chi connectivity index (χ1v) is 4.63. The maximum atomic E-state index is 10.0. The highest BCUT2D eigenvalue weighted by atomic mass is 16.5. The lowest BCUT2D eigenvalue weighted by Gasteiger charge is -2.12. The van der Waals surface area contributed by atoms with Crippen molar-refractivity contribution in [2.24, 2.45) is 0 Å². The van der Waals surface area contributed by atoms with E-state index >= 15 is 0 Å². The Labute approximate surface area is 87.6 Å². The van der Waals surface area contributed by atoms with Crippen LogP contribution in [0.3, 0.4) is 0 Å². The maximum Gasteiger partial charge on any atom is 0.140 e. The van der Waals surface area contributed by atoms with Crippen molar-refractivity contribution in [2.75, 3.05) is 7.11 Å². The Morgan fingerprint density at radius 1 is 1.40 bits per heavy atom. The van der Waals surface area contributed by atoms with E-state index in [0.717, 1.165) is 0 Å². The summed E-state index contributed by atoms with van der Waals surface area (Å²) in [6, 6.07) is 7.33. The second-order valence-corrected chi connectivity index (χ2v) is 3.12. The molecule has 15 heavy (non-hydrogen) atoms. The number of benzene rings is 1. The van der Waals surface area contributed by atoms with E-state index in [-0.39, 0.29) is 0 Å². The highest BCUT2D eigenvalue weighted by Gasteiger charge is 2.16. The van der Waals surface area contributed by atoms with Crippen molar-refractivity contribution in [3.63, 3.8) is 0 Å². The number of aliphatic hydroxyl groups excluding tert-OH is 1. The van der Waals surface area contributed by atoms with E-state index in [1.807, 2.05) is 24.3 Å². The van der Waals surface area contributed by atoms with Crippen LogP contribution in [-0.4, -0.2) is 22.2 Å². The molecule has 0 aliphatic heterocycles. The number of imidazole rings is 1. The van der Waals surface area contributed by atoms with E-state index in [4.69, 9.17) is 4.74 Å². The molecule has 4 heteroatoms. The van der Waals surface area contributed by atoms with Gasteiger partial charge in [-0.2, -0.15) is 0 Å². The van der Waals surface area contributed by atoms with Crippen molar-refractivity contribution in [1.29, 1.82) is 0 Å².